The molecule has 0 aliphatic rings. The molecule has 1 unspecified atom stereocenters. The first-order chi connectivity index (χ1) is 10.0. The molecule has 2 N–H and O–H groups in total. The van der Waals surface area contributed by atoms with E-state index in [0.717, 1.165) is 27.9 Å². The van der Waals surface area contributed by atoms with Crippen LogP contribution in [0.3, 0.4) is 0 Å². The number of aliphatic hydroxyl groups is 1. The van der Waals surface area contributed by atoms with Gasteiger partial charge in [0.15, 0.2) is 0 Å². The van der Waals surface area contributed by atoms with Gasteiger partial charge < -0.3 is 15.2 Å². The minimum Gasteiger partial charge on any atom is -0.497 e. The molecule has 0 saturated carbocycles. The summed E-state index contributed by atoms with van der Waals surface area (Å²) >= 11 is 3.46. The van der Waals surface area contributed by atoms with Crippen molar-refractivity contribution in [2.75, 3.05) is 19.0 Å². The third kappa shape index (κ3) is 4.48. The van der Waals surface area contributed by atoms with Crippen molar-refractivity contribution in [1.29, 1.82) is 0 Å². The number of benzene rings is 2. The number of methoxy groups -OCH3 is 1. The monoisotopic (exact) mass is 349 g/mol. The fourth-order valence-corrected chi connectivity index (χ4v) is 2.65. The smallest absolute Gasteiger partial charge is 0.118 e. The number of ether oxygens (including phenoxy) is 1. The fraction of sp³-hybridized carbons (Fsp3) is 0.294. The molecule has 0 radical (unpaired) electrons. The summed E-state index contributed by atoms with van der Waals surface area (Å²) in [6.07, 6.45) is 0.722. The number of aliphatic hydroxyl groups excluding tert-OH is 1. The third-order valence-corrected chi connectivity index (χ3v) is 3.87. The minimum absolute atomic E-state index is 0.0472. The van der Waals surface area contributed by atoms with Crippen LogP contribution in [0.4, 0.5) is 5.69 Å². The molecule has 2 aromatic rings. The lowest BCUT2D eigenvalue weighted by Crippen LogP contribution is -2.41. The average molecular weight is 350 g/mol. The quantitative estimate of drug-likeness (QED) is 0.831. The van der Waals surface area contributed by atoms with E-state index in [1.54, 1.807) is 7.11 Å². The van der Waals surface area contributed by atoms with Crippen LogP contribution in [0.25, 0.3) is 0 Å². The molecule has 2 rings (SSSR count). The molecule has 4 heteroatoms. The van der Waals surface area contributed by atoms with E-state index in [1.165, 1.54) is 0 Å². The highest BCUT2D eigenvalue weighted by Gasteiger charge is 2.23. The van der Waals surface area contributed by atoms with Gasteiger partial charge in [-0.1, -0.05) is 34.1 Å². The molecule has 0 fully saturated rings. The van der Waals surface area contributed by atoms with E-state index in [-0.39, 0.29) is 6.61 Å². The summed E-state index contributed by atoms with van der Waals surface area (Å²) in [5.74, 6) is 0.837. The number of halogens is 1. The molecule has 1 atom stereocenters. The van der Waals surface area contributed by atoms with Gasteiger partial charge in [-0.25, -0.2) is 0 Å². The highest BCUT2D eigenvalue weighted by Crippen LogP contribution is 2.23. The molecule has 0 aliphatic carbocycles. The lowest BCUT2D eigenvalue weighted by atomic mass is 9.93. The zero-order chi connectivity index (χ0) is 15.3. The van der Waals surface area contributed by atoms with Crippen molar-refractivity contribution in [3.05, 3.63) is 58.6 Å². The van der Waals surface area contributed by atoms with Gasteiger partial charge in [-0.2, -0.15) is 0 Å². The molecule has 0 aromatic heterocycles. The van der Waals surface area contributed by atoms with Crippen LogP contribution in [0.5, 0.6) is 5.75 Å². The predicted octanol–water partition coefficient (Wildman–Crippen LogP) is 3.86. The molecule has 0 saturated heterocycles. The Morgan fingerprint density at radius 3 is 2.48 bits per heavy atom. The average Bonchev–Trinajstić information content (AvgIpc) is 2.48. The van der Waals surface area contributed by atoms with E-state index in [1.807, 2.05) is 55.5 Å². The molecule has 0 heterocycles. The molecular formula is C17H20BrNO2. The zero-order valence-electron chi connectivity index (χ0n) is 12.3. The number of anilines is 1. The first-order valence-electron chi connectivity index (χ1n) is 6.82. The van der Waals surface area contributed by atoms with Crippen LogP contribution in [-0.4, -0.2) is 24.4 Å². The molecule has 112 valence electrons. The molecule has 21 heavy (non-hydrogen) atoms. The highest BCUT2D eigenvalue weighted by atomic mass is 79.9. The zero-order valence-corrected chi connectivity index (χ0v) is 13.9. The van der Waals surface area contributed by atoms with Crippen LogP contribution in [0.2, 0.25) is 0 Å². The lowest BCUT2D eigenvalue weighted by Gasteiger charge is -2.30. The summed E-state index contributed by atoms with van der Waals surface area (Å²) in [7, 11) is 1.65. The minimum atomic E-state index is -0.421. The van der Waals surface area contributed by atoms with Crippen molar-refractivity contribution >= 4 is 21.6 Å². The number of rotatable bonds is 6. The highest BCUT2D eigenvalue weighted by molar-refractivity contribution is 9.10. The maximum Gasteiger partial charge on any atom is 0.118 e. The number of nitrogens with one attached hydrogen (secondary N) is 1. The van der Waals surface area contributed by atoms with Crippen molar-refractivity contribution in [1.82, 2.24) is 0 Å². The molecular weight excluding hydrogens is 330 g/mol. The number of hydrogen-bond acceptors (Lipinski definition) is 3. The van der Waals surface area contributed by atoms with E-state index in [0.29, 0.717) is 0 Å². The van der Waals surface area contributed by atoms with Gasteiger partial charge in [0.2, 0.25) is 0 Å². The van der Waals surface area contributed by atoms with Gasteiger partial charge >= 0.3 is 0 Å². The first kappa shape index (κ1) is 15.9. The van der Waals surface area contributed by atoms with Crippen LogP contribution in [-0.2, 0) is 6.42 Å². The molecule has 0 aliphatic heterocycles. The number of hydrogen-bond donors (Lipinski definition) is 2. The van der Waals surface area contributed by atoms with Gasteiger partial charge in [0.1, 0.15) is 5.75 Å². The Morgan fingerprint density at radius 2 is 1.90 bits per heavy atom. The van der Waals surface area contributed by atoms with Crippen molar-refractivity contribution < 1.29 is 9.84 Å². The van der Waals surface area contributed by atoms with Crippen molar-refractivity contribution in [3.8, 4) is 5.75 Å². The normalized spacial score (nSPS) is 13.5. The second kappa shape index (κ2) is 6.96. The fourth-order valence-electron chi connectivity index (χ4n) is 2.25. The van der Waals surface area contributed by atoms with Crippen molar-refractivity contribution in [2.45, 2.75) is 18.9 Å². The summed E-state index contributed by atoms with van der Waals surface area (Å²) in [6, 6.07) is 15.9. The molecule has 3 nitrogen and oxygen atoms in total. The van der Waals surface area contributed by atoms with E-state index in [2.05, 4.69) is 21.2 Å². The largest absolute Gasteiger partial charge is 0.497 e. The van der Waals surface area contributed by atoms with Gasteiger partial charge in [-0.15, -0.1) is 0 Å². The summed E-state index contributed by atoms with van der Waals surface area (Å²) in [5.41, 5.74) is 1.71. The summed E-state index contributed by atoms with van der Waals surface area (Å²) in [4.78, 5) is 0. The van der Waals surface area contributed by atoms with Crippen LogP contribution in [0.1, 0.15) is 12.5 Å². The van der Waals surface area contributed by atoms with Gasteiger partial charge in [-0.05, 0) is 49.2 Å². The Morgan fingerprint density at radius 1 is 1.19 bits per heavy atom. The van der Waals surface area contributed by atoms with E-state index in [4.69, 9.17) is 4.74 Å². The summed E-state index contributed by atoms with van der Waals surface area (Å²) in [5, 5.41) is 13.2. The maximum atomic E-state index is 9.78. The second-order valence-electron chi connectivity index (χ2n) is 5.38. The van der Waals surface area contributed by atoms with Crippen LogP contribution >= 0.6 is 15.9 Å². The van der Waals surface area contributed by atoms with Crippen LogP contribution in [0, 0.1) is 0 Å². The van der Waals surface area contributed by atoms with Crippen molar-refractivity contribution in [2.24, 2.45) is 0 Å². The van der Waals surface area contributed by atoms with Gasteiger partial charge in [0.25, 0.3) is 0 Å². The molecule has 0 spiro atoms. The Balaban J connectivity index is 2.12. The molecule has 0 bridgehead atoms. The Labute approximate surface area is 134 Å². The molecule has 2 aromatic carbocycles. The third-order valence-electron chi connectivity index (χ3n) is 3.37. The van der Waals surface area contributed by atoms with E-state index in [9.17, 15) is 5.11 Å². The Kier molecular flexibility index (Phi) is 5.26. The standard InChI is InChI=1S/C17H20BrNO2/c1-17(12-20,19-15-5-3-4-14(18)10-15)11-13-6-8-16(21-2)9-7-13/h3-10,19-20H,11-12H2,1-2H3. The summed E-state index contributed by atoms with van der Waals surface area (Å²) < 4.78 is 6.18. The lowest BCUT2D eigenvalue weighted by molar-refractivity contribution is 0.222. The topological polar surface area (TPSA) is 41.5 Å². The SMILES string of the molecule is COc1ccc(CC(C)(CO)Nc2cccc(Br)c2)cc1. The van der Waals surface area contributed by atoms with Crippen LogP contribution < -0.4 is 10.1 Å². The predicted molar refractivity (Wildman–Crippen MR) is 90.0 cm³/mol. The first-order valence-corrected chi connectivity index (χ1v) is 7.61. The van der Waals surface area contributed by atoms with E-state index >= 15 is 0 Å². The van der Waals surface area contributed by atoms with Gasteiger partial charge in [-0.3, -0.25) is 0 Å². The van der Waals surface area contributed by atoms with Gasteiger partial charge in [0.05, 0.1) is 19.3 Å². The maximum absolute atomic E-state index is 9.78. The Hall–Kier alpha value is -1.52. The van der Waals surface area contributed by atoms with Gasteiger partial charge in [0, 0.05) is 10.2 Å². The Bertz CT molecular complexity index is 586. The molecule has 0 amide bonds. The van der Waals surface area contributed by atoms with E-state index < -0.39 is 5.54 Å². The second-order valence-corrected chi connectivity index (χ2v) is 6.29. The van der Waals surface area contributed by atoms with Crippen molar-refractivity contribution in [3.63, 3.8) is 0 Å². The van der Waals surface area contributed by atoms with Crippen LogP contribution in [0.15, 0.2) is 53.0 Å². The summed E-state index contributed by atoms with van der Waals surface area (Å²) in [6.45, 7) is 2.06.